The fraction of sp³-hybridized carbons (Fsp3) is 0.250. The highest BCUT2D eigenvalue weighted by Gasteiger charge is 2.09. The molecule has 13 heavy (non-hydrogen) atoms. The minimum atomic E-state index is -3.27. The summed E-state index contributed by atoms with van der Waals surface area (Å²) in [5.41, 5.74) is 0.831. The van der Waals surface area contributed by atoms with Crippen molar-refractivity contribution in [3.8, 4) is 6.07 Å². The lowest BCUT2D eigenvalue weighted by Crippen LogP contribution is -2.00. The van der Waals surface area contributed by atoms with Gasteiger partial charge in [-0.05, 0) is 13.0 Å². The van der Waals surface area contributed by atoms with Crippen LogP contribution in [0, 0.1) is 18.3 Å². The number of pyridine rings is 1. The van der Waals surface area contributed by atoms with Gasteiger partial charge in [-0.25, -0.2) is 8.42 Å². The van der Waals surface area contributed by atoms with E-state index in [0.29, 0.717) is 11.3 Å². The van der Waals surface area contributed by atoms with Crippen molar-refractivity contribution in [3.05, 3.63) is 23.5 Å². The van der Waals surface area contributed by atoms with Crippen LogP contribution in [0.25, 0.3) is 0 Å². The Bertz CT molecular complexity index is 471. The Morgan fingerprint density at radius 1 is 1.54 bits per heavy atom. The Kier molecular flexibility index (Phi) is 2.34. The van der Waals surface area contributed by atoms with Crippen LogP contribution in [-0.4, -0.2) is 19.7 Å². The number of hydrogen-bond donors (Lipinski definition) is 0. The van der Waals surface area contributed by atoms with Gasteiger partial charge in [-0.15, -0.1) is 0 Å². The molecule has 0 aromatic carbocycles. The molecule has 0 saturated heterocycles. The normalized spacial score (nSPS) is 10.8. The van der Waals surface area contributed by atoms with Crippen LogP contribution in [0.3, 0.4) is 0 Å². The fourth-order valence-electron chi connectivity index (χ4n) is 0.830. The molecule has 0 spiro atoms. The first-order chi connectivity index (χ1) is 5.95. The molecule has 1 aromatic heterocycles. The molecule has 1 aromatic rings. The van der Waals surface area contributed by atoms with Gasteiger partial charge in [0.05, 0.1) is 16.2 Å². The molecule has 68 valence electrons. The van der Waals surface area contributed by atoms with Crippen LogP contribution < -0.4 is 0 Å². The van der Waals surface area contributed by atoms with Crippen molar-refractivity contribution in [1.29, 1.82) is 5.26 Å². The van der Waals surface area contributed by atoms with Crippen molar-refractivity contribution >= 4 is 9.84 Å². The second-order valence-electron chi connectivity index (χ2n) is 2.69. The molecule has 0 saturated carbocycles. The summed E-state index contributed by atoms with van der Waals surface area (Å²) in [7, 11) is -3.27. The monoisotopic (exact) mass is 196 g/mol. The molecule has 0 N–H and O–H groups in total. The standard InChI is InChI=1S/C8H8N2O2S/c1-6-7(4-9)3-8(5-10-6)13(2,11)12/h3,5H,1-2H3. The molecule has 0 aliphatic rings. The second-order valence-corrected chi connectivity index (χ2v) is 4.70. The van der Waals surface area contributed by atoms with E-state index in [1.54, 1.807) is 6.92 Å². The van der Waals surface area contributed by atoms with E-state index in [1.807, 2.05) is 6.07 Å². The molecule has 0 bridgehead atoms. The summed E-state index contributed by atoms with van der Waals surface area (Å²) in [5.74, 6) is 0. The van der Waals surface area contributed by atoms with Crippen LogP contribution in [0.1, 0.15) is 11.3 Å². The van der Waals surface area contributed by atoms with E-state index >= 15 is 0 Å². The lowest BCUT2D eigenvalue weighted by atomic mass is 10.2. The lowest BCUT2D eigenvalue weighted by molar-refractivity contribution is 0.601. The number of aromatic nitrogens is 1. The third kappa shape index (κ3) is 2.04. The Morgan fingerprint density at radius 2 is 2.15 bits per heavy atom. The van der Waals surface area contributed by atoms with Gasteiger partial charge >= 0.3 is 0 Å². The van der Waals surface area contributed by atoms with Crippen molar-refractivity contribution in [2.45, 2.75) is 11.8 Å². The fourth-order valence-corrected chi connectivity index (χ4v) is 1.41. The molecule has 0 fully saturated rings. The van der Waals surface area contributed by atoms with Gasteiger partial charge in [-0.3, -0.25) is 4.98 Å². The smallest absolute Gasteiger partial charge is 0.177 e. The highest BCUT2D eigenvalue weighted by atomic mass is 32.2. The zero-order valence-corrected chi connectivity index (χ0v) is 8.09. The van der Waals surface area contributed by atoms with E-state index in [2.05, 4.69) is 4.98 Å². The summed E-state index contributed by atoms with van der Waals surface area (Å²) >= 11 is 0. The number of nitriles is 1. The first-order valence-corrected chi connectivity index (χ1v) is 5.41. The predicted molar refractivity (Wildman–Crippen MR) is 46.8 cm³/mol. The summed E-state index contributed by atoms with van der Waals surface area (Å²) in [5, 5.41) is 8.62. The third-order valence-corrected chi connectivity index (χ3v) is 2.69. The summed E-state index contributed by atoms with van der Waals surface area (Å²) < 4.78 is 22.1. The van der Waals surface area contributed by atoms with E-state index in [9.17, 15) is 8.42 Å². The van der Waals surface area contributed by atoms with Gasteiger partial charge in [0.1, 0.15) is 6.07 Å². The van der Waals surface area contributed by atoms with Gasteiger partial charge < -0.3 is 0 Å². The summed E-state index contributed by atoms with van der Waals surface area (Å²) in [4.78, 5) is 3.89. The number of hydrogen-bond acceptors (Lipinski definition) is 4. The molecule has 4 nitrogen and oxygen atoms in total. The molecule has 0 aliphatic heterocycles. The quantitative estimate of drug-likeness (QED) is 0.661. The molecule has 5 heteroatoms. The Balaban J connectivity index is 3.41. The van der Waals surface area contributed by atoms with Gasteiger partial charge in [0, 0.05) is 12.5 Å². The van der Waals surface area contributed by atoms with E-state index in [-0.39, 0.29) is 4.90 Å². The lowest BCUT2D eigenvalue weighted by Gasteiger charge is -1.99. The maximum Gasteiger partial charge on any atom is 0.177 e. The van der Waals surface area contributed by atoms with E-state index in [1.165, 1.54) is 12.3 Å². The molecular weight excluding hydrogens is 188 g/mol. The number of sulfone groups is 1. The Hall–Kier alpha value is -1.41. The maximum absolute atomic E-state index is 11.1. The first-order valence-electron chi connectivity index (χ1n) is 3.52. The molecule has 0 atom stereocenters. The van der Waals surface area contributed by atoms with Gasteiger partial charge in [-0.2, -0.15) is 5.26 Å². The van der Waals surface area contributed by atoms with Crippen LogP contribution in [0.4, 0.5) is 0 Å². The molecule has 0 aliphatic carbocycles. The highest BCUT2D eigenvalue weighted by Crippen LogP contribution is 2.11. The van der Waals surface area contributed by atoms with Gasteiger partial charge in [0.15, 0.2) is 9.84 Å². The Morgan fingerprint density at radius 3 is 2.62 bits per heavy atom. The summed E-state index contributed by atoms with van der Waals surface area (Å²) in [6, 6.07) is 3.21. The Labute approximate surface area is 76.8 Å². The predicted octanol–water partition coefficient (Wildman–Crippen LogP) is 0.665. The average Bonchev–Trinajstić information content (AvgIpc) is 2.03. The topological polar surface area (TPSA) is 70.8 Å². The van der Waals surface area contributed by atoms with E-state index in [0.717, 1.165) is 6.26 Å². The minimum absolute atomic E-state index is 0.0784. The summed E-state index contributed by atoms with van der Waals surface area (Å²) in [6.07, 6.45) is 2.34. The minimum Gasteiger partial charge on any atom is -0.259 e. The molecule has 0 radical (unpaired) electrons. The zero-order valence-electron chi connectivity index (χ0n) is 7.27. The largest absolute Gasteiger partial charge is 0.259 e. The molecule has 1 heterocycles. The second kappa shape index (κ2) is 3.15. The van der Waals surface area contributed by atoms with Crippen molar-refractivity contribution in [1.82, 2.24) is 4.98 Å². The van der Waals surface area contributed by atoms with Crippen LogP contribution >= 0.6 is 0 Å². The number of rotatable bonds is 1. The molecule has 0 amide bonds. The molecule has 1 rings (SSSR count). The number of nitrogens with zero attached hydrogens (tertiary/aromatic N) is 2. The highest BCUT2D eigenvalue weighted by molar-refractivity contribution is 7.90. The molecule has 0 unspecified atom stereocenters. The van der Waals surface area contributed by atoms with Crippen LogP contribution in [0.15, 0.2) is 17.2 Å². The van der Waals surface area contributed by atoms with Crippen molar-refractivity contribution in [3.63, 3.8) is 0 Å². The van der Waals surface area contributed by atoms with Gasteiger partial charge in [0.2, 0.25) is 0 Å². The van der Waals surface area contributed by atoms with Crippen molar-refractivity contribution < 1.29 is 8.42 Å². The van der Waals surface area contributed by atoms with Crippen LogP contribution in [0.5, 0.6) is 0 Å². The number of aryl methyl sites for hydroxylation is 1. The van der Waals surface area contributed by atoms with E-state index in [4.69, 9.17) is 5.26 Å². The zero-order chi connectivity index (χ0) is 10.1. The van der Waals surface area contributed by atoms with Crippen LogP contribution in [-0.2, 0) is 9.84 Å². The average molecular weight is 196 g/mol. The first kappa shape index (κ1) is 9.68. The van der Waals surface area contributed by atoms with Gasteiger partial charge in [0.25, 0.3) is 0 Å². The van der Waals surface area contributed by atoms with E-state index < -0.39 is 9.84 Å². The summed E-state index contributed by atoms with van der Waals surface area (Å²) in [6.45, 7) is 1.66. The maximum atomic E-state index is 11.1. The van der Waals surface area contributed by atoms with Crippen molar-refractivity contribution in [2.75, 3.05) is 6.26 Å². The van der Waals surface area contributed by atoms with Crippen LogP contribution in [0.2, 0.25) is 0 Å². The van der Waals surface area contributed by atoms with Crippen molar-refractivity contribution in [2.24, 2.45) is 0 Å². The van der Waals surface area contributed by atoms with Gasteiger partial charge in [-0.1, -0.05) is 0 Å². The molecular formula is C8H8N2O2S. The SMILES string of the molecule is Cc1ncc(S(C)(=O)=O)cc1C#N. The third-order valence-electron chi connectivity index (χ3n) is 1.61.